The number of nitrogens with zero attached hydrogens (tertiary/aromatic N) is 1. The number of likely N-dealkylation sites (N-methyl/N-ethyl adjacent to an activating group) is 1. The van der Waals surface area contributed by atoms with E-state index in [1.807, 2.05) is 24.3 Å². The molecule has 1 aromatic rings. The third kappa shape index (κ3) is 5.13. The van der Waals surface area contributed by atoms with Gasteiger partial charge in [-0.25, -0.2) is 0 Å². The van der Waals surface area contributed by atoms with Gasteiger partial charge in [-0.1, -0.05) is 31.4 Å². The minimum atomic E-state index is -0.175. The lowest BCUT2D eigenvalue weighted by Crippen LogP contribution is -2.36. The van der Waals surface area contributed by atoms with Crippen LogP contribution in [0.5, 0.6) is 0 Å². The smallest absolute Gasteiger partial charge is 0.244 e. The molecule has 0 heterocycles. The molecule has 1 aliphatic carbocycles. The molecule has 4 nitrogen and oxygen atoms in total. The number of carbonyl (C=O) groups is 2. The number of benzene rings is 1. The highest BCUT2D eigenvalue weighted by Crippen LogP contribution is 2.26. The number of hydrogen-bond donors (Lipinski definition) is 1. The van der Waals surface area contributed by atoms with Crippen molar-refractivity contribution in [3.05, 3.63) is 28.7 Å². The molecule has 120 valence electrons. The van der Waals surface area contributed by atoms with Gasteiger partial charge in [-0.2, -0.15) is 0 Å². The maximum absolute atomic E-state index is 12.2. The summed E-state index contributed by atoms with van der Waals surface area (Å²) >= 11 is 3.39. The Hall–Kier alpha value is -1.36. The van der Waals surface area contributed by atoms with Gasteiger partial charge >= 0.3 is 0 Å². The number of hydrogen-bond acceptors (Lipinski definition) is 2. The monoisotopic (exact) mass is 366 g/mol. The number of carbonyl (C=O) groups excluding carboxylic acids is 2. The number of anilines is 1. The maximum atomic E-state index is 12.2. The lowest BCUT2D eigenvalue weighted by atomic mass is 9.87. The standard InChI is InChI=1S/C17H23BrN2O2/c1-20(17(22)11-13-7-3-2-4-8-13)12-16(21)19-15-10-6-5-9-14(15)18/h5-6,9-10,13H,2-4,7-8,11-12H2,1H3,(H,19,21). The molecule has 0 aromatic heterocycles. The highest BCUT2D eigenvalue weighted by atomic mass is 79.9. The molecule has 0 aliphatic heterocycles. The quantitative estimate of drug-likeness (QED) is 0.860. The van der Waals surface area contributed by atoms with Crippen LogP contribution in [-0.2, 0) is 9.59 Å². The Kier molecular flexibility index (Phi) is 6.43. The Morgan fingerprint density at radius 1 is 1.23 bits per heavy atom. The molecule has 22 heavy (non-hydrogen) atoms. The summed E-state index contributed by atoms with van der Waals surface area (Å²) in [7, 11) is 1.70. The van der Waals surface area contributed by atoms with E-state index in [9.17, 15) is 9.59 Å². The van der Waals surface area contributed by atoms with Gasteiger partial charge in [-0.05, 0) is 46.8 Å². The second kappa shape index (κ2) is 8.32. The Balaban J connectivity index is 1.80. The second-order valence-corrected chi connectivity index (χ2v) is 6.84. The summed E-state index contributed by atoms with van der Waals surface area (Å²) in [4.78, 5) is 25.8. The van der Waals surface area contributed by atoms with Crippen LogP contribution in [0.3, 0.4) is 0 Å². The first kappa shape index (κ1) is 17.0. The zero-order chi connectivity index (χ0) is 15.9. The molecule has 1 fully saturated rings. The Bertz CT molecular complexity index is 527. The van der Waals surface area contributed by atoms with Gasteiger partial charge < -0.3 is 10.2 Å². The first-order chi connectivity index (χ1) is 10.6. The van der Waals surface area contributed by atoms with Crippen molar-refractivity contribution < 1.29 is 9.59 Å². The third-order valence-corrected chi connectivity index (χ3v) is 4.83. The van der Waals surface area contributed by atoms with Gasteiger partial charge in [0.25, 0.3) is 0 Å². The van der Waals surface area contributed by atoms with E-state index < -0.39 is 0 Å². The molecule has 1 aromatic carbocycles. The van der Waals surface area contributed by atoms with Crippen molar-refractivity contribution in [3.8, 4) is 0 Å². The van der Waals surface area contributed by atoms with Gasteiger partial charge in [0.1, 0.15) is 0 Å². The Morgan fingerprint density at radius 2 is 1.91 bits per heavy atom. The van der Waals surface area contributed by atoms with Crippen molar-refractivity contribution >= 4 is 33.4 Å². The topological polar surface area (TPSA) is 49.4 Å². The van der Waals surface area contributed by atoms with Gasteiger partial charge in [0.05, 0.1) is 12.2 Å². The van der Waals surface area contributed by atoms with E-state index in [4.69, 9.17) is 0 Å². The van der Waals surface area contributed by atoms with Crippen molar-refractivity contribution in [1.29, 1.82) is 0 Å². The predicted octanol–water partition coefficient (Wildman–Crippen LogP) is 3.82. The molecule has 2 rings (SSSR count). The fourth-order valence-corrected chi connectivity index (χ4v) is 3.23. The molecular weight excluding hydrogens is 344 g/mol. The number of rotatable bonds is 5. The van der Waals surface area contributed by atoms with E-state index in [1.54, 1.807) is 7.05 Å². The summed E-state index contributed by atoms with van der Waals surface area (Å²) in [5.41, 5.74) is 0.723. The molecule has 0 bridgehead atoms. The fourth-order valence-electron chi connectivity index (χ4n) is 2.85. The molecule has 2 amide bonds. The molecule has 0 unspecified atom stereocenters. The van der Waals surface area contributed by atoms with Crippen LogP contribution in [0.4, 0.5) is 5.69 Å². The van der Waals surface area contributed by atoms with Crippen molar-refractivity contribution in [3.63, 3.8) is 0 Å². The van der Waals surface area contributed by atoms with E-state index in [1.165, 1.54) is 24.2 Å². The molecule has 1 N–H and O–H groups in total. The van der Waals surface area contributed by atoms with E-state index in [0.717, 1.165) is 23.0 Å². The molecule has 0 atom stereocenters. The van der Waals surface area contributed by atoms with Crippen molar-refractivity contribution in [1.82, 2.24) is 4.90 Å². The zero-order valence-electron chi connectivity index (χ0n) is 13.0. The van der Waals surface area contributed by atoms with E-state index in [2.05, 4.69) is 21.2 Å². The number of amides is 2. The lowest BCUT2D eigenvalue weighted by Gasteiger charge is -2.24. The highest BCUT2D eigenvalue weighted by Gasteiger charge is 2.20. The summed E-state index contributed by atoms with van der Waals surface area (Å²) in [6.07, 6.45) is 6.59. The van der Waals surface area contributed by atoms with Gasteiger partial charge in [-0.15, -0.1) is 0 Å². The molecule has 0 saturated heterocycles. The van der Waals surface area contributed by atoms with Gasteiger partial charge in [-0.3, -0.25) is 9.59 Å². The van der Waals surface area contributed by atoms with E-state index in [0.29, 0.717) is 12.3 Å². The Labute approximate surface area is 140 Å². The van der Waals surface area contributed by atoms with Crippen LogP contribution in [0.25, 0.3) is 0 Å². The predicted molar refractivity (Wildman–Crippen MR) is 91.6 cm³/mol. The summed E-state index contributed by atoms with van der Waals surface area (Å²) < 4.78 is 0.833. The fraction of sp³-hybridized carbons (Fsp3) is 0.529. The van der Waals surface area contributed by atoms with E-state index >= 15 is 0 Å². The minimum absolute atomic E-state index is 0.0641. The number of para-hydroxylation sites is 1. The second-order valence-electron chi connectivity index (χ2n) is 5.99. The van der Waals surface area contributed by atoms with Gasteiger partial charge in [0.15, 0.2) is 0 Å². The normalized spacial score (nSPS) is 15.4. The van der Waals surface area contributed by atoms with E-state index in [-0.39, 0.29) is 18.4 Å². The average Bonchev–Trinajstić information content (AvgIpc) is 2.50. The Morgan fingerprint density at radius 3 is 2.59 bits per heavy atom. The van der Waals surface area contributed by atoms with Crippen LogP contribution in [0.1, 0.15) is 38.5 Å². The summed E-state index contributed by atoms with van der Waals surface area (Å²) in [5.74, 6) is 0.385. The third-order valence-electron chi connectivity index (χ3n) is 4.14. The van der Waals surface area contributed by atoms with Crippen molar-refractivity contribution in [2.24, 2.45) is 5.92 Å². The average molecular weight is 367 g/mol. The largest absolute Gasteiger partial charge is 0.336 e. The molecule has 1 saturated carbocycles. The van der Waals surface area contributed by atoms with Gasteiger partial charge in [0.2, 0.25) is 11.8 Å². The summed E-state index contributed by atoms with van der Waals surface area (Å²) in [5, 5.41) is 2.82. The van der Waals surface area contributed by atoms with Crippen LogP contribution in [0.2, 0.25) is 0 Å². The van der Waals surface area contributed by atoms with Crippen LogP contribution in [0.15, 0.2) is 28.7 Å². The van der Waals surface area contributed by atoms with Crippen molar-refractivity contribution in [2.75, 3.05) is 18.9 Å². The van der Waals surface area contributed by atoms with Gasteiger partial charge in [0, 0.05) is 17.9 Å². The van der Waals surface area contributed by atoms with Crippen LogP contribution in [0, 0.1) is 5.92 Å². The summed E-state index contributed by atoms with van der Waals surface area (Å²) in [6.45, 7) is 0.0902. The summed E-state index contributed by atoms with van der Waals surface area (Å²) in [6, 6.07) is 7.44. The highest BCUT2D eigenvalue weighted by molar-refractivity contribution is 9.10. The maximum Gasteiger partial charge on any atom is 0.244 e. The molecule has 0 radical (unpaired) electrons. The first-order valence-corrected chi connectivity index (χ1v) is 8.64. The zero-order valence-corrected chi connectivity index (χ0v) is 14.6. The minimum Gasteiger partial charge on any atom is -0.336 e. The molecule has 0 spiro atoms. The first-order valence-electron chi connectivity index (χ1n) is 7.84. The number of nitrogens with one attached hydrogen (secondary N) is 1. The number of halogens is 1. The van der Waals surface area contributed by atoms with Crippen LogP contribution < -0.4 is 5.32 Å². The molecular formula is C17H23BrN2O2. The lowest BCUT2D eigenvalue weighted by molar-refractivity contribution is -0.134. The van der Waals surface area contributed by atoms with Crippen LogP contribution >= 0.6 is 15.9 Å². The molecule has 1 aliphatic rings. The molecule has 5 heteroatoms. The SMILES string of the molecule is CN(CC(=O)Nc1ccccc1Br)C(=O)CC1CCCCC1. The van der Waals surface area contributed by atoms with Crippen molar-refractivity contribution in [2.45, 2.75) is 38.5 Å². The van der Waals surface area contributed by atoms with Crippen LogP contribution in [-0.4, -0.2) is 30.3 Å².